The molecule has 7 nitrogen and oxygen atoms in total. The van der Waals surface area contributed by atoms with Crippen LogP contribution in [0.3, 0.4) is 0 Å². The van der Waals surface area contributed by atoms with Crippen LogP contribution in [0.25, 0.3) is 0 Å². The largest absolute Gasteiger partial charge is 0.497 e. The number of nitrogens with zero attached hydrogens (tertiary/aromatic N) is 2. The van der Waals surface area contributed by atoms with E-state index in [4.69, 9.17) is 9.47 Å². The van der Waals surface area contributed by atoms with E-state index < -0.39 is 0 Å². The van der Waals surface area contributed by atoms with Crippen LogP contribution >= 0.6 is 0 Å². The monoisotopic (exact) mass is 363 g/mol. The first-order valence-corrected chi connectivity index (χ1v) is 9.03. The van der Waals surface area contributed by atoms with Crippen molar-refractivity contribution in [3.63, 3.8) is 0 Å². The normalized spacial score (nSPS) is 14.7. The lowest BCUT2D eigenvalue weighted by Gasteiger charge is -2.29. The van der Waals surface area contributed by atoms with Crippen LogP contribution in [0.5, 0.6) is 5.75 Å². The molecule has 0 bridgehead atoms. The van der Waals surface area contributed by atoms with Crippen molar-refractivity contribution >= 4 is 11.8 Å². The average Bonchev–Trinajstić information content (AvgIpc) is 2.67. The van der Waals surface area contributed by atoms with E-state index in [0.717, 1.165) is 44.2 Å². The molecule has 144 valence electrons. The molecule has 0 spiro atoms. The predicted molar refractivity (Wildman–Crippen MR) is 99.0 cm³/mol. The van der Waals surface area contributed by atoms with Crippen LogP contribution in [-0.2, 0) is 20.9 Å². The van der Waals surface area contributed by atoms with Gasteiger partial charge in [-0.25, -0.2) is 0 Å². The summed E-state index contributed by atoms with van der Waals surface area (Å²) >= 11 is 0. The van der Waals surface area contributed by atoms with E-state index in [1.807, 2.05) is 24.3 Å². The molecule has 1 N–H and O–H groups in total. The molecule has 0 atom stereocenters. The molecule has 26 heavy (non-hydrogen) atoms. The molecule has 2 amide bonds. The summed E-state index contributed by atoms with van der Waals surface area (Å²) in [6.07, 6.45) is 0.304. The second-order valence-corrected chi connectivity index (χ2v) is 6.33. The summed E-state index contributed by atoms with van der Waals surface area (Å²) in [6.45, 7) is 7.20. The van der Waals surface area contributed by atoms with Gasteiger partial charge < -0.3 is 19.7 Å². The van der Waals surface area contributed by atoms with E-state index in [1.165, 1.54) is 0 Å². The van der Waals surface area contributed by atoms with Gasteiger partial charge >= 0.3 is 0 Å². The number of benzene rings is 1. The summed E-state index contributed by atoms with van der Waals surface area (Å²) < 4.78 is 10.4. The van der Waals surface area contributed by atoms with Gasteiger partial charge in [-0.05, 0) is 17.7 Å². The Hall–Kier alpha value is -2.12. The summed E-state index contributed by atoms with van der Waals surface area (Å²) in [4.78, 5) is 27.9. The van der Waals surface area contributed by atoms with Gasteiger partial charge in [0.25, 0.3) is 0 Å². The van der Waals surface area contributed by atoms with Gasteiger partial charge in [-0.3, -0.25) is 14.5 Å². The molecule has 1 aromatic carbocycles. The summed E-state index contributed by atoms with van der Waals surface area (Å²) in [6, 6.07) is 7.57. The molecule has 1 fully saturated rings. The van der Waals surface area contributed by atoms with Crippen LogP contribution in [0.15, 0.2) is 24.3 Å². The number of methoxy groups -OCH3 is 1. The number of nitrogens with one attached hydrogen (secondary N) is 1. The number of hydrogen-bond donors (Lipinski definition) is 1. The van der Waals surface area contributed by atoms with Gasteiger partial charge in [0.2, 0.25) is 11.8 Å². The van der Waals surface area contributed by atoms with Crippen LogP contribution in [0.4, 0.5) is 0 Å². The summed E-state index contributed by atoms with van der Waals surface area (Å²) in [5.74, 6) is 0.733. The van der Waals surface area contributed by atoms with Gasteiger partial charge in [-0.2, -0.15) is 0 Å². The highest BCUT2D eigenvalue weighted by Gasteiger charge is 2.15. The maximum atomic E-state index is 12.1. The van der Waals surface area contributed by atoms with Crippen LogP contribution in [0.2, 0.25) is 0 Å². The highest BCUT2D eigenvalue weighted by atomic mass is 16.5. The number of ether oxygens (including phenoxy) is 2. The number of rotatable bonds is 9. The zero-order valence-electron chi connectivity index (χ0n) is 15.7. The highest BCUT2D eigenvalue weighted by Crippen LogP contribution is 2.11. The zero-order valence-corrected chi connectivity index (χ0v) is 15.7. The van der Waals surface area contributed by atoms with Crippen LogP contribution in [0, 0.1) is 0 Å². The Morgan fingerprint density at radius 1 is 1.19 bits per heavy atom. The van der Waals surface area contributed by atoms with Crippen LogP contribution in [0.1, 0.15) is 18.9 Å². The second-order valence-electron chi connectivity index (χ2n) is 6.33. The topological polar surface area (TPSA) is 71.1 Å². The minimum atomic E-state index is -0.0570. The maximum Gasteiger partial charge on any atom is 0.222 e. The van der Waals surface area contributed by atoms with Crippen molar-refractivity contribution in [2.75, 3.05) is 53.0 Å². The molecule has 0 aromatic heterocycles. The standard InChI is InChI=1S/C19H29N3O4/c1-16(23)22(10-9-21-11-13-26-14-12-21)8-7-19(24)20-15-17-3-5-18(25-2)6-4-17/h3-6H,7-15H2,1-2H3,(H,20,24). The Morgan fingerprint density at radius 3 is 2.50 bits per heavy atom. The fourth-order valence-corrected chi connectivity index (χ4v) is 2.78. The summed E-state index contributed by atoms with van der Waals surface area (Å²) in [5, 5.41) is 2.89. The number of carbonyl (C=O) groups is 2. The van der Waals surface area contributed by atoms with E-state index in [1.54, 1.807) is 18.9 Å². The van der Waals surface area contributed by atoms with Crippen molar-refractivity contribution in [2.45, 2.75) is 19.9 Å². The molecule has 0 radical (unpaired) electrons. The Morgan fingerprint density at radius 2 is 1.88 bits per heavy atom. The lowest BCUT2D eigenvalue weighted by Crippen LogP contribution is -2.43. The predicted octanol–water partition coefficient (Wildman–Crippen LogP) is 0.882. The van der Waals surface area contributed by atoms with Crippen molar-refractivity contribution in [1.82, 2.24) is 15.1 Å². The van der Waals surface area contributed by atoms with Crippen molar-refractivity contribution < 1.29 is 19.1 Å². The second kappa shape index (κ2) is 10.8. The number of carbonyl (C=O) groups excluding carboxylic acids is 2. The number of morpholine rings is 1. The maximum absolute atomic E-state index is 12.1. The molecule has 2 rings (SSSR count). The number of amides is 2. The highest BCUT2D eigenvalue weighted by molar-refractivity contribution is 5.78. The van der Waals surface area contributed by atoms with E-state index in [9.17, 15) is 9.59 Å². The van der Waals surface area contributed by atoms with E-state index >= 15 is 0 Å². The van der Waals surface area contributed by atoms with Gasteiger partial charge in [0, 0.05) is 52.6 Å². The molecule has 1 saturated heterocycles. The first kappa shape index (κ1) is 20.2. The Bertz CT molecular complexity index is 571. The molecular formula is C19H29N3O4. The molecule has 0 unspecified atom stereocenters. The Labute approximate surface area is 155 Å². The molecule has 1 heterocycles. The zero-order chi connectivity index (χ0) is 18.8. The SMILES string of the molecule is COc1ccc(CNC(=O)CCN(CCN2CCOCC2)C(C)=O)cc1. The van der Waals surface area contributed by atoms with Crippen molar-refractivity contribution in [3.05, 3.63) is 29.8 Å². The van der Waals surface area contributed by atoms with Gasteiger partial charge in [-0.1, -0.05) is 12.1 Å². The quantitative estimate of drug-likeness (QED) is 0.705. The van der Waals surface area contributed by atoms with Crippen LogP contribution < -0.4 is 10.1 Å². The molecule has 0 aliphatic carbocycles. The smallest absolute Gasteiger partial charge is 0.222 e. The van der Waals surface area contributed by atoms with Gasteiger partial charge in [-0.15, -0.1) is 0 Å². The fourth-order valence-electron chi connectivity index (χ4n) is 2.78. The van der Waals surface area contributed by atoms with E-state index in [2.05, 4.69) is 10.2 Å². The molecule has 1 aliphatic heterocycles. The van der Waals surface area contributed by atoms with Gasteiger partial charge in [0.15, 0.2) is 0 Å². The number of hydrogen-bond acceptors (Lipinski definition) is 5. The Balaban J connectivity index is 1.69. The van der Waals surface area contributed by atoms with E-state index in [-0.39, 0.29) is 11.8 Å². The average molecular weight is 363 g/mol. The third-order valence-corrected chi connectivity index (χ3v) is 4.49. The molecule has 0 saturated carbocycles. The minimum absolute atomic E-state index is 0.00112. The van der Waals surface area contributed by atoms with Crippen molar-refractivity contribution in [3.8, 4) is 5.75 Å². The molecule has 7 heteroatoms. The lowest BCUT2D eigenvalue weighted by molar-refractivity contribution is -0.130. The Kier molecular flexibility index (Phi) is 8.37. The molecule has 1 aliphatic rings. The van der Waals surface area contributed by atoms with Crippen LogP contribution in [-0.4, -0.2) is 74.7 Å². The summed E-state index contributed by atoms with van der Waals surface area (Å²) in [7, 11) is 1.62. The third kappa shape index (κ3) is 7.01. The van der Waals surface area contributed by atoms with Crippen molar-refractivity contribution in [2.24, 2.45) is 0 Å². The first-order chi connectivity index (χ1) is 12.6. The minimum Gasteiger partial charge on any atom is -0.497 e. The molecule has 1 aromatic rings. The van der Waals surface area contributed by atoms with E-state index in [0.29, 0.717) is 26.1 Å². The summed E-state index contributed by atoms with van der Waals surface area (Å²) in [5.41, 5.74) is 1.01. The third-order valence-electron chi connectivity index (χ3n) is 4.49. The molecular weight excluding hydrogens is 334 g/mol. The lowest BCUT2D eigenvalue weighted by atomic mass is 10.2. The van der Waals surface area contributed by atoms with Gasteiger partial charge in [0.1, 0.15) is 5.75 Å². The fraction of sp³-hybridized carbons (Fsp3) is 0.579. The first-order valence-electron chi connectivity index (χ1n) is 9.03. The van der Waals surface area contributed by atoms with Crippen molar-refractivity contribution in [1.29, 1.82) is 0 Å². The van der Waals surface area contributed by atoms with Gasteiger partial charge in [0.05, 0.1) is 20.3 Å².